The topological polar surface area (TPSA) is 75.4 Å². The number of hydrogen-bond acceptors (Lipinski definition) is 4. The van der Waals surface area contributed by atoms with Gasteiger partial charge in [-0.1, -0.05) is 59.8 Å². The number of alkyl halides is 3. The van der Waals surface area contributed by atoms with Crippen molar-refractivity contribution >= 4 is 11.7 Å². The van der Waals surface area contributed by atoms with E-state index in [2.05, 4.69) is 10.5 Å². The molecule has 36 heavy (non-hydrogen) atoms. The Morgan fingerprint density at radius 1 is 1.00 bits per heavy atom. The van der Waals surface area contributed by atoms with Crippen LogP contribution in [0.1, 0.15) is 40.5 Å². The molecule has 1 aromatic heterocycles. The third-order valence-electron chi connectivity index (χ3n) is 5.99. The molecule has 5 nitrogen and oxygen atoms in total. The molecule has 1 atom stereocenters. The first-order valence-corrected chi connectivity index (χ1v) is 11.4. The Labute approximate surface area is 206 Å². The zero-order valence-electron chi connectivity index (χ0n) is 19.8. The van der Waals surface area contributed by atoms with Crippen molar-refractivity contribution in [2.24, 2.45) is 0 Å². The van der Waals surface area contributed by atoms with Crippen LogP contribution in [-0.4, -0.2) is 22.3 Å². The molecular formula is C28H25F3N2O3. The summed E-state index contributed by atoms with van der Waals surface area (Å²) in [5.41, 5.74) is 4.28. The molecular weight excluding hydrogens is 469 g/mol. The van der Waals surface area contributed by atoms with E-state index < -0.39 is 17.7 Å². The highest BCUT2D eigenvalue weighted by atomic mass is 19.4. The highest BCUT2D eigenvalue weighted by Gasteiger charge is 2.30. The van der Waals surface area contributed by atoms with Crippen molar-refractivity contribution in [2.45, 2.75) is 38.9 Å². The van der Waals surface area contributed by atoms with E-state index in [1.165, 1.54) is 12.1 Å². The Balaban J connectivity index is 1.45. The lowest BCUT2D eigenvalue weighted by Crippen LogP contribution is -2.17. The maximum absolute atomic E-state index is 13.0. The average Bonchev–Trinajstić information content (AvgIpc) is 3.22. The first-order chi connectivity index (χ1) is 17.1. The van der Waals surface area contributed by atoms with Gasteiger partial charge in [-0.2, -0.15) is 13.2 Å². The minimum Gasteiger partial charge on any atom is -0.478 e. The number of halogens is 3. The Kier molecular flexibility index (Phi) is 7.15. The summed E-state index contributed by atoms with van der Waals surface area (Å²) in [6.45, 7) is 3.79. The molecule has 0 aliphatic heterocycles. The van der Waals surface area contributed by atoms with Crippen LogP contribution in [0.15, 0.2) is 77.3 Å². The quantitative estimate of drug-likeness (QED) is 0.266. The van der Waals surface area contributed by atoms with E-state index in [4.69, 9.17) is 9.63 Å². The number of carboxylic acid groups (broad SMARTS) is 1. The Morgan fingerprint density at radius 3 is 2.22 bits per heavy atom. The van der Waals surface area contributed by atoms with Gasteiger partial charge in [0.05, 0.1) is 11.1 Å². The first kappa shape index (κ1) is 25.0. The van der Waals surface area contributed by atoms with E-state index in [0.29, 0.717) is 29.9 Å². The molecule has 8 heteroatoms. The van der Waals surface area contributed by atoms with Crippen molar-refractivity contribution in [2.75, 3.05) is 5.32 Å². The number of rotatable bonds is 8. The molecule has 2 N–H and O–H groups in total. The number of aryl methyl sites for hydroxylation is 2. The first-order valence-electron chi connectivity index (χ1n) is 11.4. The van der Waals surface area contributed by atoms with Gasteiger partial charge in [-0.25, -0.2) is 4.79 Å². The molecule has 0 fully saturated rings. The van der Waals surface area contributed by atoms with Crippen LogP contribution in [0.3, 0.4) is 0 Å². The number of benzene rings is 3. The van der Waals surface area contributed by atoms with E-state index >= 15 is 0 Å². The number of hydrogen-bond donors (Lipinski definition) is 2. The number of nitrogens with one attached hydrogen (secondary N) is 1. The summed E-state index contributed by atoms with van der Waals surface area (Å²) in [5.74, 6) is -0.395. The second-order valence-corrected chi connectivity index (χ2v) is 8.71. The summed E-state index contributed by atoms with van der Waals surface area (Å²) in [4.78, 5) is 11.1. The van der Waals surface area contributed by atoms with Gasteiger partial charge in [0.15, 0.2) is 5.76 Å². The fourth-order valence-corrected chi connectivity index (χ4v) is 3.96. The van der Waals surface area contributed by atoms with Gasteiger partial charge >= 0.3 is 12.1 Å². The lowest BCUT2D eigenvalue weighted by atomic mass is 10.0. The van der Waals surface area contributed by atoms with Crippen LogP contribution in [0, 0.1) is 6.92 Å². The van der Waals surface area contributed by atoms with Gasteiger partial charge in [0.1, 0.15) is 11.4 Å². The molecule has 0 aliphatic rings. The van der Waals surface area contributed by atoms with Crippen molar-refractivity contribution in [3.8, 4) is 22.5 Å². The van der Waals surface area contributed by atoms with E-state index in [-0.39, 0.29) is 11.6 Å². The summed E-state index contributed by atoms with van der Waals surface area (Å²) in [6.07, 6.45) is -3.24. The van der Waals surface area contributed by atoms with Gasteiger partial charge in [0, 0.05) is 11.6 Å². The van der Waals surface area contributed by atoms with Crippen LogP contribution in [0.2, 0.25) is 0 Å². The minimum atomic E-state index is -4.36. The summed E-state index contributed by atoms with van der Waals surface area (Å²) in [5, 5.41) is 16.6. The maximum atomic E-state index is 13.0. The molecule has 1 unspecified atom stereocenters. The zero-order chi connectivity index (χ0) is 25.9. The van der Waals surface area contributed by atoms with Crippen LogP contribution in [0.5, 0.6) is 0 Å². The van der Waals surface area contributed by atoms with E-state index in [1.54, 1.807) is 30.3 Å². The van der Waals surface area contributed by atoms with Crippen LogP contribution in [-0.2, 0) is 12.6 Å². The molecule has 4 rings (SSSR count). The predicted octanol–water partition coefficient (Wildman–Crippen LogP) is 7.47. The Hall–Kier alpha value is -4.07. The molecule has 0 spiro atoms. The summed E-state index contributed by atoms with van der Waals surface area (Å²) < 4.78 is 44.5. The largest absolute Gasteiger partial charge is 0.478 e. The SMILES string of the molecule is Cc1noc(-c2ccc(-c3ccc(C(=O)O)cc3)cc2)c1NC(C)CCc1cccc(C(F)(F)F)c1. The smallest absolute Gasteiger partial charge is 0.416 e. The summed E-state index contributed by atoms with van der Waals surface area (Å²) in [7, 11) is 0. The van der Waals surface area contributed by atoms with Gasteiger partial charge in [-0.3, -0.25) is 0 Å². The molecule has 0 saturated carbocycles. The van der Waals surface area contributed by atoms with Crippen LogP contribution in [0.25, 0.3) is 22.5 Å². The van der Waals surface area contributed by atoms with Crippen molar-refractivity contribution < 1.29 is 27.6 Å². The molecule has 0 saturated heterocycles. The molecule has 186 valence electrons. The fraction of sp³-hybridized carbons (Fsp3) is 0.214. The van der Waals surface area contributed by atoms with Crippen molar-refractivity contribution in [1.29, 1.82) is 0 Å². The average molecular weight is 495 g/mol. The highest BCUT2D eigenvalue weighted by Crippen LogP contribution is 2.34. The normalized spacial score (nSPS) is 12.4. The Bertz CT molecular complexity index is 1340. The summed E-state index contributed by atoms with van der Waals surface area (Å²) >= 11 is 0. The lowest BCUT2D eigenvalue weighted by Gasteiger charge is -2.16. The lowest BCUT2D eigenvalue weighted by molar-refractivity contribution is -0.137. The summed E-state index contributed by atoms with van der Waals surface area (Å²) in [6, 6.07) is 19.7. The monoisotopic (exact) mass is 494 g/mol. The molecule has 0 aliphatic carbocycles. The number of nitrogens with zero attached hydrogens (tertiary/aromatic N) is 1. The van der Waals surface area contributed by atoms with Crippen LogP contribution < -0.4 is 5.32 Å². The fourth-order valence-electron chi connectivity index (χ4n) is 3.96. The van der Waals surface area contributed by atoms with Gasteiger partial charge < -0.3 is 14.9 Å². The number of carboxylic acids is 1. The third kappa shape index (κ3) is 5.76. The molecule has 4 aromatic rings. The molecule has 1 heterocycles. The minimum absolute atomic E-state index is 0.0385. The zero-order valence-corrected chi connectivity index (χ0v) is 19.8. The third-order valence-corrected chi connectivity index (χ3v) is 5.99. The van der Waals surface area contributed by atoms with Crippen molar-refractivity contribution in [1.82, 2.24) is 5.16 Å². The number of anilines is 1. The van der Waals surface area contributed by atoms with Gasteiger partial charge in [-0.05, 0) is 61.6 Å². The van der Waals surface area contributed by atoms with Crippen LogP contribution >= 0.6 is 0 Å². The van der Waals surface area contributed by atoms with Crippen molar-refractivity contribution in [3.05, 3.63) is 95.2 Å². The maximum Gasteiger partial charge on any atom is 0.416 e. The predicted molar refractivity (Wildman–Crippen MR) is 132 cm³/mol. The second kappa shape index (κ2) is 10.3. The highest BCUT2D eigenvalue weighted by molar-refractivity contribution is 5.88. The molecule has 0 radical (unpaired) electrons. The number of carbonyl (C=O) groups is 1. The van der Waals surface area contributed by atoms with E-state index in [9.17, 15) is 18.0 Å². The standard InChI is InChI=1S/C28H25F3N2O3/c1-17(6-7-19-4-3-5-24(16-19)28(29,30)31)32-25-18(2)33-36-26(25)22-12-8-20(9-13-22)21-10-14-23(15-11-21)27(34)35/h3-5,8-17,32H,6-7H2,1-2H3,(H,34,35). The Morgan fingerprint density at radius 2 is 1.61 bits per heavy atom. The molecule has 3 aromatic carbocycles. The number of aromatic nitrogens is 1. The second-order valence-electron chi connectivity index (χ2n) is 8.71. The molecule has 0 amide bonds. The van der Waals surface area contributed by atoms with Gasteiger partial charge in [-0.15, -0.1) is 0 Å². The number of aromatic carboxylic acids is 1. The van der Waals surface area contributed by atoms with Gasteiger partial charge in [0.2, 0.25) is 0 Å². The van der Waals surface area contributed by atoms with E-state index in [1.807, 2.05) is 38.1 Å². The van der Waals surface area contributed by atoms with Gasteiger partial charge in [0.25, 0.3) is 0 Å². The van der Waals surface area contributed by atoms with Crippen molar-refractivity contribution in [3.63, 3.8) is 0 Å². The van der Waals surface area contributed by atoms with Crippen LogP contribution in [0.4, 0.5) is 18.9 Å². The van der Waals surface area contributed by atoms with E-state index in [0.717, 1.165) is 28.4 Å². The molecule has 0 bridgehead atoms.